The quantitative estimate of drug-likeness (QED) is 0.737. The van der Waals surface area contributed by atoms with Crippen LogP contribution >= 0.6 is 0 Å². The van der Waals surface area contributed by atoms with Gasteiger partial charge in [0.05, 0.1) is 11.0 Å². The van der Waals surface area contributed by atoms with E-state index in [1.165, 1.54) is 6.92 Å². The van der Waals surface area contributed by atoms with Crippen molar-refractivity contribution in [2.45, 2.75) is 6.92 Å². The second-order valence-corrected chi connectivity index (χ2v) is 3.65. The van der Waals surface area contributed by atoms with Gasteiger partial charge in [-0.25, -0.2) is 4.98 Å². The number of hydrogen-bond acceptors (Lipinski definition) is 4. The summed E-state index contributed by atoms with van der Waals surface area (Å²) in [6, 6.07) is 3.59. The maximum absolute atomic E-state index is 11.2. The maximum atomic E-state index is 11.2. The Morgan fingerprint density at radius 1 is 1.31 bits per heavy atom. The highest BCUT2D eigenvalue weighted by molar-refractivity contribution is 5.94. The number of imidazole rings is 1. The third-order valence-electron chi connectivity index (χ3n) is 2.48. The summed E-state index contributed by atoms with van der Waals surface area (Å²) in [5.41, 5.74) is 1.50. The number of H-pyrrole nitrogens is 1. The summed E-state index contributed by atoms with van der Waals surface area (Å²) >= 11 is 0. The van der Waals surface area contributed by atoms with Crippen LogP contribution in [0.1, 0.15) is 17.5 Å². The normalized spacial score (nSPS) is 14.1. The number of hydrogen-bond donors (Lipinski definition) is 1. The molecule has 2 aromatic rings. The molecule has 16 heavy (non-hydrogen) atoms. The molecule has 2 heterocycles. The van der Waals surface area contributed by atoms with E-state index in [4.69, 9.17) is 9.47 Å². The van der Waals surface area contributed by atoms with Crippen molar-refractivity contribution in [3.8, 4) is 11.5 Å². The SMILES string of the molecule is CC(=O)c1nc2cc3c(cc2[nH]1)OCCO3. The molecule has 0 unspecified atom stereocenters. The van der Waals surface area contributed by atoms with Crippen LogP contribution in [-0.2, 0) is 0 Å². The largest absolute Gasteiger partial charge is 0.486 e. The van der Waals surface area contributed by atoms with Crippen LogP contribution in [0.15, 0.2) is 12.1 Å². The number of Topliss-reactive ketones (excluding diaryl/α,β-unsaturated/α-hetero) is 1. The molecular formula is C11H10N2O3. The van der Waals surface area contributed by atoms with Crippen LogP contribution in [0.5, 0.6) is 11.5 Å². The first-order chi connectivity index (χ1) is 7.74. The highest BCUT2D eigenvalue weighted by atomic mass is 16.6. The molecule has 0 amide bonds. The van der Waals surface area contributed by atoms with Crippen LogP contribution in [-0.4, -0.2) is 29.0 Å². The number of ketones is 1. The number of nitrogens with zero attached hydrogens (tertiary/aromatic N) is 1. The van der Waals surface area contributed by atoms with Gasteiger partial charge >= 0.3 is 0 Å². The molecule has 1 N–H and O–H groups in total. The molecule has 0 aliphatic carbocycles. The molecule has 0 spiro atoms. The van der Waals surface area contributed by atoms with E-state index in [2.05, 4.69) is 9.97 Å². The van der Waals surface area contributed by atoms with E-state index in [9.17, 15) is 4.79 Å². The molecule has 82 valence electrons. The van der Waals surface area contributed by atoms with Crippen molar-refractivity contribution < 1.29 is 14.3 Å². The van der Waals surface area contributed by atoms with Crippen LogP contribution < -0.4 is 9.47 Å². The minimum Gasteiger partial charge on any atom is -0.486 e. The van der Waals surface area contributed by atoms with Gasteiger partial charge in [-0.15, -0.1) is 0 Å². The molecule has 5 heteroatoms. The number of fused-ring (bicyclic) bond motifs is 2. The van der Waals surface area contributed by atoms with Gasteiger partial charge in [0.1, 0.15) is 13.2 Å². The lowest BCUT2D eigenvalue weighted by molar-refractivity contribution is 0.100. The predicted octanol–water partition coefficient (Wildman–Crippen LogP) is 1.54. The van der Waals surface area contributed by atoms with E-state index in [0.29, 0.717) is 30.5 Å². The van der Waals surface area contributed by atoms with Crippen molar-refractivity contribution in [2.75, 3.05) is 13.2 Å². The summed E-state index contributed by atoms with van der Waals surface area (Å²) in [5.74, 6) is 1.64. The minimum atomic E-state index is -0.0870. The van der Waals surface area contributed by atoms with Gasteiger partial charge in [-0.2, -0.15) is 0 Å². The van der Waals surface area contributed by atoms with Gasteiger partial charge in [0.15, 0.2) is 23.1 Å². The van der Waals surface area contributed by atoms with Gasteiger partial charge in [-0.05, 0) is 0 Å². The van der Waals surface area contributed by atoms with Gasteiger partial charge in [0.2, 0.25) is 0 Å². The fourth-order valence-corrected chi connectivity index (χ4v) is 1.71. The summed E-state index contributed by atoms with van der Waals surface area (Å²) < 4.78 is 10.9. The Labute approximate surface area is 91.4 Å². The zero-order valence-corrected chi connectivity index (χ0v) is 8.74. The highest BCUT2D eigenvalue weighted by Crippen LogP contribution is 2.33. The maximum Gasteiger partial charge on any atom is 0.195 e. The summed E-state index contributed by atoms with van der Waals surface area (Å²) in [4.78, 5) is 18.3. The first-order valence-electron chi connectivity index (χ1n) is 5.04. The van der Waals surface area contributed by atoms with Crippen molar-refractivity contribution in [3.63, 3.8) is 0 Å². The smallest absolute Gasteiger partial charge is 0.195 e. The molecule has 0 radical (unpaired) electrons. The van der Waals surface area contributed by atoms with Gasteiger partial charge in [-0.1, -0.05) is 0 Å². The Morgan fingerprint density at radius 3 is 2.69 bits per heavy atom. The molecule has 1 aromatic carbocycles. The average molecular weight is 218 g/mol. The van der Waals surface area contributed by atoms with Crippen molar-refractivity contribution >= 4 is 16.8 Å². The van der Waals surface area contributed by atoms with Crippen LogP contribution in [0.3, 0.4) is 0 Å². The monoisotopic (exact) mass is 218 g/mol. The van der Waals surface area contributed by atoms with Gasteiger partial charge < -0.3 is 14.5 Å². The Kier molecular flexibility index (Phi) is 1.86. The molecule has 1 aromatic heterocycles. The average Bonchev–Trinajstić information content (AvgIpc) is 2.68. The Hall–Kier alpha value is -2.04. The van der Waals surface area contributed by atoms with Gasteiger partial charge in [0, 0.05) is 19.1 Å². The number of aromatic nitrogens is 2. The first kappa shape index (κ1) is 9.21. The van der Waals surface area contributed by atoms with Crippen LogP contribution in [0, 0.1) is 0 Å². The molecular weight excluding hydrogens is 208 g/mol. The Balaban J connectivity index is 2.20. The van der Waals surface area contributed by atoms with Crippen LogP contribution in [0.4, 0.5) is 0 Å². The summed E-state index contributed by atoms with van der Waals surface area (Å²) in [5, 5.41) is 0. The van der Waals surface area contributed by atoms with Crippen LogP contribution in [0.25, 0.3) is 11.0 Å². The first-order valence-corrected chi connectivity index (χ1v) is 5.04. The van der Waals surface area contributed by atoms with Crippen LogP contribution in [0.2, 0.25) is 0 Å². The standard InChI is InChI=1S/C11H10N2O3/c1-6(14)11-12-7-4-9-10(5-8(7)13-11)16-3-2-15-9/h4-5H,2-3H2,1H3,(H,12,13). The fourth-order valence-electron chi connectivity index (χ4n) is 1.71. The Bertz CT molecular complexity index is 531. The number of carbonyl (C=O) groups is 1. The van der Waals surface area contributed by atoms with E-state index < -0.39 is 0 Å². The number of carbonyl (C=O) groups excluding carboxylic acids is 1. The molecule has 3 rings (SSSR count). The number of rotatable bonds is 1. The lowest BCUT2D eigenvalue weighted by Crippen LogP contribution is -2.15. The van der Waals surface area contributed by atoms with Gasteiger partial charge in [0.25, 0.3) is 0 Å². The number of nitrogens with one attached hydrogen (secondary N) is 1. The van der Waals surface area contributed by atoms with Crippen molar-refractivity contribution in [1.82, 2.24) is 9.97 Å². The third kappa shape index (κ3) is 1.32. The fraction of sp³-hybridized carbons (Fsp3) is 0.273. The van der Waals surface area contributed by atoms with E-state index in [0.717, 1.165) is 11.0 Å². The second kappa shape index (κ2) is 3.23. The summed E-state index contributed by atoms with van der Waals surface area (Å²) in [6.45, 7) is 2.57. The lowest BCUT2D eigenvalue weighted by Gasteiger charge is -2.17. The molecule has 0 fully saturated rings. The number of benzene rings is 1. The van der Waals surface area contributed by atoms with Crippen molar-refractivity contribution in [1.29, 1.82) is 0 Å². The highest BCUT2D eigenvalue weighted by Gasteiger charge is 2.15. The van der Waals surface area contributed by atoms with E-state index in [1.807, 2.05) is 6.07 Å². The zero-order valence-electron chi connectivity index (χ0n) is 8.74. The third-order valence-corrected chi connectivity index (χ3v) is 2.48. The molecule has 0 saturated carbocycles. The summed E-state index contributed by atoms with van der Waals surface area (Å²) in [7, 11) is 0. The van der Waals surface area contributed by atoms with Crippen molar-refractivity contribution in [3.05, 3.63) is 18.0 Å². The molecule has 0 bridgehead atoms. The number of aromatic amines is 1. The number of ether oxygens (including phenoxy) is 2. The van der Waals surface area contributed by atoms with E-state index in [1.54, 1.807) is 6.07 Å². The minimum absolute atomic E-state index is 0.0870. The lowest BCUT2D eigenvalue weighted by atomic mass is 10.2. The summed E-state index contributed by atoms with van der Waals surface area (Å²) in [6.07, 6.45) is 0. The zero-order chi connectivity index (χ0) is 11.1. The topological polar surface area (TPSA) is 64.2 Å². The molecule has 5 nitrogen and oxygen atoms in total. The van der Waals surface area contributed by atoms with Crippen molar-refractivity contribution in [2.24, 2.45) is 0 Å². The molecule has 1 aliphatic heterocycles. The van der Waals surface area contributed by atoms with Gasteiger partial charge in [-0.3, -0.25) is 4.79 Å². The Morgan fingerprint density at radius 2 is 2.00 bits per heavy atom. The molecule has 0 atom stereocenters. The molecule has 0 saturated heterocycles. The second-order valence-electron chi connectivity index (χ2n) is 3.65. The van der Waals surface area contributed by atoms with E-state index >= 15 is 0 Å². The predicted molar refractivity (Wildman–Crippen MR) is 57.1 cm³/mol. The molecule has 1 aliphatic rings. The van der Waals surface area contributed by atoms with E-state index in [-0.39, 0.29) is 5.78 Å².